The maximum atomic E-state index is 6.08. The Morgan fingerprint density at radius 2 is 1.90 bits per heavy atom. The van der Waals surface area contributed by atoms with Crippen LogP contribution >= 0.6 is 11.6 Å². The van der Waals surface area contributed by atoms with E-state index in [4.69, 9.17) is 17.3 Å². The first kappa shape index (κ1) is 12.9. The van der Waals surface area contributed by atoms with E-state index < -0.39 is 0 Å². The van der Waals surface area contributed by atoms with E-state index in [1.165, 1.54) is 0 Å². The molecule has 3 rings (SSSR count). The molecule has 0 saturated heterocycles. The minimum atomic E-state index is 0.475. The Bertz CT molecular complexity index is 720. The summed E-state index contributed by atoms with van der Waals surface area (Å²) in [7, 11) is 0. The molecule has 0 bridgehead atoms. The monoisotopic (exact) mass is 283 g/mol. The molecule has 100 valence electrons. The number of hydrogen-bond acceptors (Lipinski definition) is 2. The molecule has 0 aliphatic heterocycles. The molecule has 2 N–H and O–H groups in total. The number of hydrogen-bond donors (Lipinski definition) is 1. The average Bonchev–Trinajstić information content (AvgIpc) is 2.98. The number of aromatic nitrogens is 2. The Morgan fingerprint density at radius 3 is 2.65 bits per heavy atom. The van der Waals surface area contributed by atoms with Gasteiger partial charge in [0, 0.05) is 23.3 Å². The van der Waals surface area contributed by atoms with Gasteiger partial charge in [-0.05, 0) is 35.4 Å². The third-order valence-electron chi connectivity index (χ3n) is 3.21. The van der Waals surface area contributed by atoms with Gasteiger partial charge >= 0.3 is 0 Å². The summed E-state index contributed by atoms with van der Waals surface area (Å²) < 4.78 is 1.84. The second-order valence-corrected chi connectivity index (χ2v) is 4.95. The summed E-state index contributed by atoms with van der Waals surface area (Å²) in [5.74, 6) is 0. The summed E-state index contributed by atoms with van der Waals surface area (Å²) in [6, 6.07) is 15.7. The van der Waals surface area contributed by atoms with Gasteiger partial charge in [-0.1, -0.05) is 35.9 Å². The Hall–Kier alpha value is -2.10. The summed E-state index contributed by atoms with van der Waals surface area (Å²) in [5.41, 5.74) is 9.91. The molecule has 3 nitrogen and oxygen atoms in total. The highest BCUT2D eigenvalue weighted by Gasteiger charge is 2.08. The van der Waals surface area contributed by atoms with Crippen molar-refractivity contribution in [3.05, 3.63) is 71.5 Å². The van der Waals surface area contributed by atoms with Crippen LogP contribution in [0.5, 0.6) is 0 Å². The van der Waals surface area contributed by atoms with Gasteiger partial charge in [-0.25, -0.2) is 4.68 Å². The van der Waals surface area contributed by atoms with Crippen molar-refractivity contribution < 1.29 is 0 Å². The van der Waals surface area contributed by atoms with Crippen LogP contribution in [0.3, 0.4) is 0 Å². The standard InChI is InChI=1S/C16H14ClN3/c17-14-7-6-12(9-18)16(8-14)13-10-19-20(11-13)15-4-2-1-3-5-15/h1-8,10-11H,9,18H2. The second-order valence-electron chi connectivity index (χ2n) is 4.51. The van der Waals surface area contributed by atoms with Crippen molar-refractivity contribution in [2.45, 2.75) is 6.54 Å². The summed E-state index contributed by atoms with van der Waals surface area (Å²) in [5, 5.41) is 5.10. The zero-order chi connectivity index (χ0) is 13.9. The molecule has 0 saturated carbocycles. The molecule has 0 aliphatic carbocycles. The number of halogens is 1. The molecule has 0 atom stereocenters. The van der Waals surface area contributed by atoms with E-state index in [1.807, 2.05) is 65.6 Å². The van der Waals surface area contributed by atoms with E-state index in [9.17, 15) is 0 Å². The van der Waals surface area contributed by atoms with Crippen LogP contribution in [0.4, 0.5) is 0 Å². The van der Waals surface area contributed by atoms with Crippen molar-refractivity contribution in [3.63, 3.8) is 0 Å². The lowest BCUT2D eigenvalue weighted by Gasteiger charge is -2.06. The number of rotatable bonds is 3. The fourth-order valence-electron chi connectivity index (χ4n) is 2.18. The SMILES string of the molecule is NCc1ccc(Cl)cc1-c1cnn(-c2ccccc2)c1. The largest absolute Gasteiger partial charge is 0.326 e. The Labute approximate surface area is 122 Å². The zero-order valence-electron chi connectivity index (χ0n) is 10.8. The fourth-order valence-corrected chi connectivity index (χ4v) is 2.35. The van der Waals surface area contributed by atoms with Gasteiger partial charge < -0.3 is 5.73 Å². The Morgan fingerprint density at radius 1 is 1.10 bits per heavy atom. The highest BCUT2D eigenvalue weighted by Crippen LogP contribution is 2.27. The van der Waals surface area contributed by atoms with Gasteiger partial charge in [-0.15, -0.1) is 0 Å². The molecule has 4 heteroatoms. The molecule has 0 amide bonds. The molecular formula is C16H14ClN3. The summed E-state index contributed by atoms with van der Waals surface area (Å²) in [6.45, 7) is 0.475. The summed E-state index contributed by atoms with van der Waals surface area (Å²) >= 11 is 6.08. The fraction of sp³-hybridized carbons (Fsp3) is 0.0625. The van der Waals surface area contributed by atoms with Crippen molar-refractivity contribution in [2.75, 3.05) is 0 Å². The van der Waals surface area contributed by atoms with Gasteiger partial charge in [-0.2, -0.15) is 5.10 Å². The molecule has 1 aromatic heterocycles. The van der Waals surface area contributed by atoms with Crippen molar-refractivity contribution in [1.29, 1.82) is 0 Å². The first-order valence-corrected chi connectivity index (χ1v) is 6.74. The molecule has 20 heavy (non-hydrogen) atoms. The summed E-state index contributed by atoms with van der Waals surface area (Å²) in [4.78, 5) is 0. The number of para-hydroxylation sites is 1. The highest BCUT2D eigenvalue weighted by atomic mass is 35.5. The summed E-state index contributed by atoms with van der Waals surface area (Å²) in [6.07, 6.45) is 3.82. The van der Waals surface area contributed by atoms with E-state index >= 15 is 0 Å². The molecule has 0 spiro atoms. The van der Waals surface area contributed by atoms with Gasteiger partial charge in [0.25, 0.3) is 0 Å². The predicted molar refractivity (Wildman–Crippen MR) is 81.9 cm³/mol. The van der Waals surface area contributed by atoms with Gasteiger partial charge in [0.1, 0.15) is 0 Å². The lowest BCUT2D eigenvalue weighted by molar-refractivity contribution is 0.881. The van der Waals surface area contributed by atoms with E-state index in [-0.39, 0.29) is 0 Å². The van der Waals surface area contributed by atoms with Crippen LogP contribution in [-0.2, 0) is 6.54 Å². The zero-order valence-corrected chi connectivity index (χ0v) is 11.6. The molecule has 1 heterocycles. The first-order chi connectivity index (χ1) is 9.78. The van der Waals surface area contributed by atoms with Crippen molar-refractivity contribution in [2.24, 2.45) is 5.73 Å². The van der Waals surface area contributed by atoms with Crippen molar-refractivity contribution >= 4 is 11.6 Å². The van der Waals surface area contributed by atoms with Gasteiger partial charge in [0.15, 0.2) is 0 Å². The van der Waals surface area contributed by atoms with Crippen LogP contribution in [0.2, 0.25) is 5.02 Å². The lowest BCUT2D eigenvalue weighted by Crippen LogP contribution is -1.98. The van der Waals surface area contributed by atoms with Crippen LogP contribution in [0.15, 0.2) is 60.9 Å². The number of nitrogens with zero attached hydrogens (tertiary/aromatic N) is 2. The lowest BCUT2D eigenvalue weighted by atomic mass is 10.0. The Kier molecular flexibility index (Phi) is 3.54. The van der Waals surface area contributed by atoms with Crippen LogP contribution in [0.1, 0.15) is 5.56 Å². The van der Waals surface area contributed by atoms with Crippen LogP contribution < -0.4 is 5.73 Å². The molecule has 2 aromatic carbocycles. The van der Waals surface area contributed by atoms with Crippen LogP contribution in [0, 0.1) is 0 Å². The van der Waals surface area contributed by atoms with E-state index in [0.717, 1.165) is 22.4 Å². The number of nitrogens with two attached hydrogens (primary N) is 1. The van der Waals surface area contributed by atoms with Crippen molar-refractivity contribution in [1.82, 2.24) is 9.78 Å². The van der Waals surface area contributed by atoms with Gasteiger partial charge in [-0.3, -0.25) is 0 Å². The van der Waals surface area contributed by atoms with Crippen LogP contribution in [-0.4, -0.2) is 9.78 Å². The molecule has 0 unspecified atom stereocenters. The minimum absolute atomic E-state index is 0.475. The minimum Gasteiger partial charge on any atom is -0.326 e. The number of benzene rings is 2. The predicted octanol–water partition coefficient (Wildman–Crippen LogP) is 3.65. The normalized spacial score (nSPS) is 10.7. The molecule has 0 radical (unpaired) electrons. The third-order valence-corrected chi connectivity index (χ3v) is 3.44. The van der Waals surface area contributed by atoms with Gasteiger partial charge in [0.05, 0.1) is 11.9 Å². The highest BCUT2D eigenvalue weighted by molar-refractivity contribution is 6.30. The Balaban J connectivity index is 2.04. The van der Waals surface area contributed by atoms with Crippen molar-refractivity contribution in [3.8, 4) is 16.8 Å². The molecular weight excluding hydrogens is 270 g/mol. The second kappa shape index (κ2) is 5.49. The molecule has 0 fully saturated rings. The average molecular weight is 284 g/mol. The maximum absolute atomic E-state index is 6.08. The first-order valence-electron chi connectivity index (χ1n) is 6.37. The van der Waals surface area contributed by atoms with E-state index in [0.29, 0.717) is 11.6 Å². The van der Waals surface area contributed by atoms with Gasteiger partial charge in [0.2, 0.25) is 0 Å². The molecule has 3 aromatic rings. The molecule has 0 aliphatic rings. The maximum Gasteiger partial charge on any atom is 0.0645 e. The van der Waals surface area contributed by atoms with E-state index in [2.05, 4.69) is 5.10 Å². The third kappa shape index (κ3) is 2.46. The topological polar surface area (TPSA) is 43.8 Å². The quantitative estimate of drug-likeness (QED) is 0.797. The van der Waals surface area contributed by atoms with E-state index in [1.54, 1.807) is 0 Å². The smallest absolute Gasteiger partial charge is 0.0645 e. The van der Waals surface area contributed by atoms with Crippen LogP contribution in [0.25, 0.3) is 16.8 Å².